The van der Waals surface area contributed by atoms with Gasteiger partial charge in [-0.2, -0.15) is 11.3 Å². The van der Waals surface area contributed by atoms with Gasteiger partial charge < -0.3 is 14.8 Å². The first-order valence-corrected chi connectivity index (χ1v) is 9.37. The summed E-state index contributed by atoms with van der Waals surface area (Å²) in [7, 11) is 0. The van der Waals surface area contributed by atoms with Crippen LogP contribution in [0.15, 0.2) is 21.2 Å². The number of carbonyl (C=O) groups is 2. The Bertz CT molecular complexity index is 758. The zero-order valence-corrected chi connectivity index (χ0v) is 15.2. The minimum Gasteiger partial charge on any atom is -0.480 e. The van der Waals surface area contributed by atoms with Gasteiger partial charge in [0.1, 0.15) is 11.3 Å². The molecule has 1 saturated carbocycles. The molecule has 1 amide bonds. The van der Waals surface area contributed by atoms with E-state index in [9.17, 15) is 14.7 Å². The van der Waals surface area contributed by atoms with Crippen LogP contribution in [0, 0.1) is 12.8 Å². The highest BCUT2D eigenvalue weighted by Crippen LogP contribution is 2.32. The smallest absolute Gasteiger partial charge is 0.329 e. The molecule has 0 spiro atoms. The van der Waals surface area contributed by atoms with Crippen LogP contribution in [0.2, 0.25) is 0 Å². The van der Waals surface area contributed by atoms with Crippen molar-refractivity contribution in [3.63, 3.8) is 0 Å². The van der Waals surface area contributed by atoms with Gasteiger partial charge in [0.25, 0.3) is 0 Å². The molecule has 6 nitrogen and oxygen atoms in total. The Balaban J connectivity index is 1.71. The van der Waals surface area contributed by atoms with E-state index in [-0.39, 0.29) is 12.3 Å². The molecule has 7 heteroatoms. The molecule has 1 aliphatic carbocycles. The lowest BCUT2D eigenvalue weighted by Gasteiger charge is -2.36. The summed E-state index contributed by atoms with van der Waals surface area (Å²) in [6.45, 7) is 3.87. The van der Waals surface area contributed by atoms with Crippen LogP contribution in [0.3, 0.4) is 0 Å². The molecule has 2 N–H and O–H groups in total. The maximum atomic E-state index is 12.5. The summed E-state index contributed by atoms with van der Waals surface area (Å²) >= 11 is 1.54. The van der Waals surface area contributed by atoms with E-state index in [1.165, 1.54) is 0 Å². The number of carbonyl (C=O) groups excluding carboxylic acids is 1. The standard InChI is InChI=1S/C18H22N2O4S/c1-11-3-6-18(7-4-11,17(22)23)20-15(21)9-14-12(2)24-16(19-14)13-5-8-25-10-13/h5,8,10-11H,3-4,6-7,9H2,1-2H3,(H,20,21)(H,22,23). The maximum Gasteiger partial charge on any atom is 0.329 e. The van der Waals surface area contributed by atoms with Crippen molar-refractivity contribution in [2.75, 3.05) is 0 Å². The second kappa shape index (κ2) is 7.00. The van der Waals surface area contributed by atoms with Crippen LogP contribution >= 0.6 is 11.3 Å². The largest absolute Gasteiger partial charge is 0.480 e. The van der Waals surface area contributed by atoms with Crippen LogP contribution in [-0.4, -0.2) is 27.5 Å². The third-order valence-electron chi connectivity index (χ3n) is 4.90. The van der Waals surface area contributed by atoms with Gasteiger partial charge in [0.05, 0.1) is 12.1 Å². The first-order valence-electron chi connectivity index (χ1n) is 8.43. The van der Waals surface area contributed by atoms with Crippen molar-refractivity contribution in [2.45, 2.75) is 51.5 Å². The molecule has 0 radical (unpaired) electrons. The fourth-order valence-electron chi connectivity index (χ4n) is 3.21. The van der Waals surface area contributed by atoms with Crippen LogP contribution in [0.1, 0.15) is 44.1 Å². The number of amides is 1. The Hall–Kier alpha value is -2.15. The quantitative estimate of drug-likeness (QED) is 0.850. The Morgan fingerprint density at radius 1 is 1.44 bits per heavy atom. The third-order valence-corrected chi connectivity index (χ3v) is 5.59. The van der Waals surface area contributed by atoms with Gasteiger partial charge >= 0.3 is 5.97 Å². The van der Waals surface area contributed by atoms with E-state index >= 15 is 0 Å². The van der Waals surface area contributed by atoms with Gasteiger partial charge in [0.15, 0.2) is 0 Å². The lowest BCUT2D eigenvalue weighted by atomic mass is 9.77. The molecule has 25 heavy (non-hydrogen) atoms. The molecule has 0 bridgehead atoms. The van der Waals surface area contributed by atoms with Gasteiger partial charge in [-0.25, -0.2) is 9.78 Å². The lowest BCUT2D eigenvalue weighted by Crippen LogP contribution is -2.56. The average molecular weight is 362 g/mol. The summed E-state index contributed by atoms with van der Waals surface area (Å²) in [5, 5.41) is 16.2. The van der Waals surface area contributed by atoms with E-state index in [1.54, 1.807) is 18.3 Å². The van der Waals surface area contributed by atoms with Crippen molar-refractivity contribution < 1.29 is 19.1 Å². The predicted molar refractivity (Wildman–Crippen MR) is 94.4 cm³/mol. The number of aromatic nitrogens is 1. The number of nitrogens with one attached hydrogen (secondary N) is 1. The fourth-order valence-corrected chi connectivity index (χ4v) is 3.84. The van der Waals surface area contributed by atoms with E-state index in [0.29, 0.717) is 36.1 Å². The fraction of sp³-hybridized carbons (Fsp3) is 0.500. The second-order valence-electron chi connectivity index (χ2n) is 6.83. The Morgan fingerprint density at radius 2 is 2.16 bits per heavy atom. The molecule has 0 aromatic carbocycles. The van der Waals surface area contributed by atoms with Crippen molar-refractivity contribution >= 4 is 23.2 Å². The van der Waals surface area contributed by atoms with Gasteiger partial charge in [0, 0.05) is 10.9 Å². The van der Waals surface area contributed by atoms with Crippen molar-refractivity contribution in [1.82, 2.24) is 10.3 Å². The van der Waals surface area contributed by atoms with E-state index < -0.39 is 11.5 Å². The van der Waals surface area contributed by atoms with Gasteiger partial charge in [0.2, 0.25) is 11.8 Å². The summed E-state index contributed by atoms with van der Waals surface area (Å²) in [5.74, 6) is 0.281. The number of nitrogens with zero attached hydrogens (tertiary/aromatic N) is 1. The number of hydrogen-bond donors (Lipinski definition) is 2. The summed E-state index contributed by atoms with van der Waals surface area (Å²) in [5.41, 5.74) is 0.267. The van der Waals surface area contributed by atoms with Crippen molar-refractivity contribution in [1.29, 1.82) is 0 Å². The molecule has 134 valence electrons. The molecule has 1 fully saturated rings. The maximum absolute atomic E-state index is 12.5. The first-order chi connectivity index (χ1) is 11.9. The van der Waals surface area contributed by atoms with Gasteiger partial charge in [-0.15, -0.1) is 0 Å². The Kier molecular flexibility index (Phi) is 4.94. The van der Waals surface area contributed by atoms with Crippen LogP contribution in [0.4, 0.5) is 0 Å². The Morgan fingerprint density at radius 3 is 2.76 bits per heavy atom. The van der Waals surface area contributed by atoms with E-state index in [0.717, 1.165) is 18.4 Å². The topological polar surface area (TPSA) is 92.4 Å². The average Bonchev–Trinajstić information content (AvgIpc) is 3.20. The van der Waals surface area contributed by atoms with E-state index in [4.69, 9.17) is 4.42 Å². The predicted octanol–water partition coefficient (Wildman–Crippen LogP) is 3.40. The second-order valence-corrected chi connectivity index (χ2v) is 7.61. The number of oxazole rings is 1. The molecule has 0 unspecified atom stereocenters. The third kappa shape index (κ3) is 3.76. The van der Waals surface area contributed by atoms with Crippen LogP contribution in [-0.2, 0) is 16.0 Å². The molecule has 0 aliphatic heterocycles. The monoisotopic (exact) mass is 362 g/mol. The molecule has 2 aromatic heterocycles. The van der Waals surface area contributed by atoms with Gasteiger partial charge in [-0.3, -0.25) is 4.79 Å². The molecular formula is C18H22N2O4S. The lowest BCUT2D eigenvalue weighted by molar-refractivity contribution is -0.149. The van der Waals surface area contributed by atoms with Gasteiger partial charge in [-0.1, -0.05) is 6.92 Å². The number of aliphatic carboxylic acids is 1. The number of carboxylic acid groups (broad SMARTS) is 1. The summed E-state index contributed by atoms with van der Waals surface area (Å²) < 4.78 is 5.64. The molecule has 3 rings (SSSR count). The molecule has 2 heterocycles. The van der Waals surface area contributed by atoms with Crippen molar-refractivity contribution in [3.8, 4) is 11.5 Å². The van der Waals surface area contributed by atoms with E-state index in [1.807, 2.05) is 16.8 Å². The molecular weight excluding hydrogens is 340 g/mol. The van der Waals surface area contributed by atoms with E-state index in [2.05, 4.69) is 17.2 Å². The number of aryl methyl sites for hydroxylation is 1. The zero-order valence-electron chi connectivity index (χ0n) is 14.4. The molecule has 2 aromatic rings. The Labute approximate surface area is 150 Å². The van der Waals surface area contributed by atoms with Gasteiger partial charge in [-0.05, 0) is 50.0 Å². The summed E-state index contributed by atoms with van der Waals surface area (Å²) in [6, 6.07) is 1.91. The molecule has 0 saturated heterocycles. The highest BCUT2D eigenvalue weighted by Gasteiger charge is 2.42. The zero-order chi connectivity index (χ0) is 18.0. The minimum atomic E-state index is -1.16. The summed E-state index contributed by atoms with van der Waals surface area (Å²) in [4.78, 5) is 28.6. The van der Waals surface area contributed by atoms with Crippen molar-refractivity contribution in [3.05, 3.63) is 28.3 Å². The number of carboxylic acids is 1. The molecule has 0 atom stereocenters. The minimum absolute atomic E-state index is 0.0179. The SMILES string of the molecule is Cc1oc(-c2ccsc2)nc1CC(=O)NC1(C(=O)O)CCC(C)CC1. The number of thiophene rings is 1. The highest BCUT2D eigenvalue weighted by atomic mass is 32.1. The molecule has 1 aliphatic rings. The normalized spacial score (nSPS) is 23.4. The number of rotatable bonds is 5. The number of hydrogen-bond acceptors (Lipinski definition) is 5. The first kappa shape index (κ1) is 17.7. The van der Waals surface area contributed by atoms with Crippen LogP contribution in [0.5, 0.6) is 0 Å². The van der Waals surface area contributed by atoms with Crippen LogP contribution < -0.4 is 5.32 Å². The summed E-state index contributed by atoms with van der Waals surface area (Å²) in [6.07, 6.45) is 2.56. The van der Waals surface area contributed by atoms with Crippen LogP contribution in [0.25, 0.3) is 11.5 Å². The van der Waals surface area contributed by atoms with Crippen molar-refractivity contribution in [2.24, 2.45) is 5.92 Å². The highest BCUT2D eigenvalue weighted by molar-refractivity contribution is 7.08.